The van der Waals surface area contributed by atoms with E-state index >= 15 is 0 Å². The number of rotatable bonds is 43. The van der Waals surface area contributed by atoms with Crippen molar-refractivity contribution in [3.8, 4) is 0 Å². The van der Waals surface area contributed by atoms with Crippen LogP contribution in [0, 0.1) is 58.7 Å². The molecule has 8 aliphatic rings. The summed E-state index contributed by atoms with van der Waals surface area (Å²) in [5, 5.41) is 122. The Bertz CT molecular complexity index is 3490. The fraction of sp³-hybridized carbons (Fsp3) is 1.00. The zero-order valence-corrected chi connectivity index (χ0v) is 73.8. The maximum atomic E-state index is 12.7. The van der Waals surface area contributed by atoms with Crippen LogP contribution in [0.5, 0.6) is 0 Å². The lowest BCUT2D eigenvalue weighted by atomic mass is 9.45. The maximum Gasteiger partial charge on any atom is 0.218 e. The van der Waals surface area contributed by atoms with E-state index in [0.29, 0.717) is 54.3 Å². The molecule has 4 saturated heterocycles. The molecule has 4 aliphatic carbocycles. The summed E-state index contributed by atoms with van der Waals surface area (Å²) in [4.78, 5) is 36.8. The van der Waals surface area contributed by atoms with Crippen LogP contribution in [0.2, 0.25) is 0 Å². The standard InChI is InChI=1S/C51H88O52S5.8OS/c1-21(2)7-6-8-22(3)26-11-12-28-27-10-9-24-16-25(13-14-51(24,5)29(27)15-23(4)34(26)28)79-50-46(95-108(72,73)74)41(90-99-55)37(32(82-50)19-77-106(66,67)68)86-48-44(93-102-58)39(88-97-53)35(30(81-48)17-75-104(60,61)62)84-47-43(92-101-57)40(89-98-54)36(31(80-47)18-76-105(63,64)65)85-49-45(94-103-59)42(91-100-56)38(87-96-52)33(83-49)20-78-107(69,70)71;8*1-2/h21-50,52-59H,6-20H2,1-5H3,(H,60,61,62)(H,63,64,65)(H,66,67,68)(H,69,70,71)(H,72,73,74);;;;;;;;/p-13/t22-,23-,24?,25+,26-,27?,28?,29?,30?,31?,32?,33?,34?,35-,36-,37-,38-,39?,40?,41?,42?,43+,44+,45+,46+,47-,48-,49-,50-,51+;;;;;;;;/m1......../s1. The summed E-state index contributed by atoms with van der Waals surface area (Å²) in [5.41, 5.74) is -0.271. The molecule has 4 aliphatic heterocycles. The van der Waals surface area contributed by atoms with Crippen LogP contribution in [0.4, 0.5) is 0 Å². The van der Waals surface area contributed by atoms with Crippen molar-refractivity contribution in [2.75, 3.05) is 26.4 Å². The van der Waals surface area contributed by atoms with E-state index in [1.807, 2.05) is 0 Å². The van der Waals surface area contributed by atoms with Gasteiger partial charge in [-0.3, -0.25) is 61.2 Å². The van der Waals surface area contributed by atoms with E-state index in [9.17, 15) is 107 Å². The summed E-state index contributed by atoms with van der Waals surface area (Å²) < 4.78 is 313. The lowest BCUT2D eigenvalue weighted by Gasteiger charge is -2.60. The monoisotopic (exact) mass is 2060 g/mol. The molecule has 8 rings (SSSR count). The van der Waals surface area contributed by atoms with Gasteiger partial charge in [-0.25, -0.2) is 81.2 Å². The van der Waals surface area contributed by atoms with Gasteiger partial charge < -0.3 is 103 Å². The first-order chi connectivity index (χ1) is 58.8. The average Bonchev–Trinajstić information content (AvgIpc) is 1.45. The van der Waals surface area contributed by atoms with Crippen LogP contribution >= 0.6 is 0 Å². The van der Waals surface area contributed by atoms with Crippen LogP contribution in [-0.2, 0) is 290 Å². The van der Waals surface area contributed by atoms with E-state index in [0.717, 1.165) is 44.9 Å². The molecule has 124 heavy (non-hydrogen) atoms. The van der Waals surface area contributed by atoms with Crippen molar-refractivity contribution in [2.45, 2.75) is 234 Å². The summed E-state index contributed by atoms with van der Waals surface area (Å²) in [6.45, 7) is 4.27. The van der Waals surface area contributed by atoms with E-state index in [1.54, 1.807) is 0 Å². The highest BCUT2D eigenvalue weighted by atomic mass is 32.3. The fourth-order valence-corrected chi connectivity index (χ4v) is 18.6. The predicted octanol–water partition coefficient (Wildman–Crippen LogP) is -12.8. The highest BCUT2D eigenvalue weighted by Gasteiger charge is 2.63. The molecule has 73 heteroatoms. The van der Waals surface area contributed by atoms with Gasteiger partial charge in [-0.2, -0.15) is 33.7 Å². The Morgan fingerprint density at radius 3 is 1.00 bits per heavy atom. The molecule has 0 amide bonds. The SMILES string of the molecule is CC(C)CCC[C@@H](C)[C@H]1CCC2C3CCC4C[C@@H](O[C@@H]5OC(COS(=O)(=O)[O-])[C@@H](O[C@H]6OC(COS(=O)(=O)[O-])[C@@H](O[C@H]7OC(COS(=O)(=O)[O-])[C@@H](O[C@H]8OC(COS(=O)(=O)[O-])[C@@H](OO[O-])C(OO[O-])[C@@H]8OO[O-])C(OO[O-])[C@@H]7OO[O-])C(OO[O-])[C@@H]6OO[O-])C(OO[O-])[C@@H]5OS(=O)(=O)[O-])CC[C@]4(C)C3C[C@@H](C)C21.O=S.O=S.O=S.O=S.O=S.O=S.O=S.O=S. The van der Waals surface area contributed by atoms with Gasteiger partial charge >= 0.3 is 0 Å². The average molecular weight is 2060 g/mol. The molecule has 0 N–H and O–H groups in total. The number of ether oxygens (including phenoxy) is 8. The maximum absolute atomic E-state index is 12.7. The van der Waals surface area contributed by atoms with E-state index in [2.05, 4.69) is 216 Å². The molecular weight excluding hydrogens is 1990 g/mol. The van der Waals surface area contributed by atoms with Gasteiger partial charge in [0, 0.05) is 0 Å². The lowest BCUT2D eigenvalue weighted by molar-refractivity contribution is -0.834. The molecule has 60 nitrogen and oxygen atoms in total. The third-order valence-electron chi connectivity index (χ3n) is 21.0. The predicted molar refractivity (Wildman–Crippen MR) is 357 cm³/mol. The van der Waals surface area contributed by atoms with Gasteiger partial charge in [0.05, 0.1) is 32.5 Å². The van der Waals surface area contributed by atoms with E-state index in [1.165, 1.54) is 0 Å². The zero-order chi connectivity index (χ0) is 95.4. The van der Waals surface area contributed by atoms with E-state index < -0.39 is 207 Å². The highest BCUT2D eigenvalue weighted by molar-refractivity contribution is 7.81. The number of hydrogen-bond donors (Lipinski definition) is 0. The van der Waals surface area contributed by atoms with Crippen molar-refractivity contribution >= 4 is 152 Å². The number of fused-ring (bicyclic) bond motifs is 5. The summed E-state index contributed by atoms with van der Waals surface area (Å²) in [6.07, 6.45) is -46.5. The summed E-state index contributed by atoms with van der Waals surface area (Å²) in [6, 6.07) is 0. The van der Waals surface area contributed by atoms with Crippen molar-refractivity contribution < 1.29 is 279 Å². The van der Waals surface area contributed by atoms with Crippen LogP contribution in [0.25, 0.3) is 0 Å². The van der Waals surface area contributed by atoms with Gasteiger partial charge in [-0.15, -0.1) is 0 Å². The van der Waals surface area contributed by atoms with Crippen LogP contribution in [0.3, 0.4) is 0 Å². The minimum atomic E-state index is -6.12. The van der Waals surface area contributed by atoms with Crippen molar-refractivity contribution in [3.63, 3.8) is 0 Å². The Labute approximate surface area is 745 Å². The van der Waals surface area contributed by atoms with E-state index in [-0.39, 0.29) is 30.1 Å². The molecule has 0 aromatic heterocycles. The zero-order valence-electron chi connectivity index (χ0n) is 63.2. The molecule has 13 unspecified atom stereocenters. The molecule has 730 valence electrons. The van der Waals surface area contributed by atoms with Crippen LogP contribution in [-0.4, -0.2) is 254 Å². The van der Waals surface area contributed by atoms with Crippen molar-refractivity contribution in [1.29, 1.82) is 0 Å². The topological polar surface area (TPSA) is 875 Å². The fourth-order valence-electron chi connectivity index (χ4n) is 16.9. The number of hydrogen-bond acceptors (Lipinski definition) is 68. The van der Waals surface area contributed by atoms with Gasteiger partial charge in [-0.05, 0) is 110 Å². The van der Waals surface area contributed by atoms with Gasteiger partial charge in [0.2, 0.25) is 52.0 Å². The Morgan fingerprint density at radius 1 is 0.363 bits per heavy atom. The summed E-state index contributed by atoms with van der Waals surface area (Å²) >= 11 is 22.7. The van der Waals surface area contributed by atoms with Crippen molar-refractivity contribution in [2.24, 2.45) is 58.7 Å². The van der Waals surface area contributed by atoms with Gasteiger partial charge in [0.15, 0.2) is 180 Å². The molecular formula is C51H75O60S13-13. The van der Waals surface area contributed by atoms with Crippen LogP contribution < -0.4 is 42.1 Å². The third kappa shape index (κ3) is 37.6. The first-order valence-corrected chi connectivity index (χ1v) is 43.4. The van der Waals surface area contributed by atoms with Gasteiger partial charge in [-0.1, -0.05) is 53.9 Å². The molecule has 0 aromatic carbocycles. The van der Waals surface area contributed by atoms with Crippen LogP contribution in [0.1, 0.15) is 105 Å². The Balaban J connectivity index is 0.00000892. The van der Waals surface area contributed by atoms with Crippen LogP contribution in [0.15, 0.2) is 0 Å². The molecule has 8 fully saturated rings. The van der Waals surface area contributed by atoms with Crippen molar-refractivity contribution in [3.05, 3.63) is 0 Å². The Hall–Kier alpha value is -1.77. The summed E-state index contributed by atoms with van der Waals surface area (Å²) in [7, 11) is -29.9. The minimum absolute atomic E-state index is 0.0728. The Morgan fingerprint density at radius 2 is 0.669 bits per heavy atom. The third-order valence-corrected chi connectivity index (χ3v) is 23.2. The molecule has 4 saturated carbocycles. The first kappa shape index (κ1) is 122. The molecule has 0 radical (unpaired) electrons. The second kappa shape index (κ2) is 61.9. The second-order valence-electron chi connectivity index (χ2n) is 27.3. The Kier molecular flexibility index (Phi) is 61.0. The molecule has 0 bridgehead atoms. The minimum Gasteiger partial charge on any atom is -0.726 e. The highest BCUT2D eigenvalue weighted by Crippen LogP contribution is 2.66. The largest absolute Gasteiger partial charge is 0.726 e. The second-order valence-corrected chi connectivity index (χ2v) is 32.5. The first-order valence-electron chi connectivity index (χ1n) is 34.1. The molecule has 0 aromatic rings. The molecule has 4 heterocycles. The normalized spacial score (nSPS) is 34.8. The summed E-state index contributed by atoms with van der Waals surface area (Å²) in [5.74, 6) is 3.80. The molecule has 0 spiro atoms. The molecule has 30 atom stereocenters. The van der Waals surface area contributed by atoms with Gasteiger partial charge in [0.1, 0.15) is 42.7 Å². The lowest BCUT2D eigenvalue weighted by Crippen LogP contribution is -2.69. The smallest absolute Gasteiger partial charge is 0.218 e. The quantitative estimate of drug-likeness (QED) is 0.0180. The van der Waals surface area contributed by atoms with Crippen molar-refractivity contribution in [1.82, 2.24) is 0 Å². The van der Waals surface area contributed by atoms with Gasteiger partial charge in [0.25, 0.3) is 0 Å². The van der Waals surface area contributed by atoms with E-state index in [4.69, 9.17) is 90.4 Å².